The summed E-state index contributed by atoms with van der Waals surface area (Å²) in [6.07, 6.45) is 1.50. The predicted molar refractivity (Wildman–Crippen MR) is 66.1 cm³/mol. The van der Waals surface area contributed by atoms with Crippen LogP contribution in [0.25, 0.3) is 0 Å². The van der Waals surface area contributed by atoms with Gasteiger partial charge >= 0.3 is 0 Å². The van der Waals surface area contributed by atoms with E-state index in [1.807, 2.05) is 18.7 Å². The van der Waals surface area contributed by atoms with Crippen molar-refractivity contribution in [2.24, 2.45) is 0 Å². The molecule has 5 heteroatoms. The van der Waals surface area contributed by atoms with Crippen molar-refractivity contribution in [3.05, 3.63) is 24.1 Å². The Hall–Kier alpha value is -0.870. The van der Waals surface area contributed by atoms with Crippen LogP contribution in [0.15, 0.2) is 18.3 Å². The molecule has 0 spiro atoms. The van der Waals surface area contributed by atoms with Gasteiger partial charge in [0.05, 0.1) is 17.6 Å². The molecule has 1 saturated heterocycles. The van der Waals surface area contributed by atoms with Gasteiger partial charge in [0.2, 0.25) is 0 Å². The lowest BCUT2D eigenvalue weighted by atomic mass is 10.1. The van der Waals surface area contributed by atoms with Gasteiger partial charge in [-0.1, -0.05) is 0 Å². The summed E-state index contributed by atoms with van der Waals surface area (Å²) < 4.78 is 19.5. The number of pyridine rings is 1. The van der Waals surface area contributed by atoms with Gasteiger partial charge in [-0.2, -0.15) is 0 Å². The van der Waals surface area contributed by atoms with Crippen molar-refractivity contribution in [3.63, 3.8) is 0 Å². The van der Waals surface area contributed by atoms with E-state index in [9.17, 15) is 4.39 Å². The Kier molecular flexibility index (Phi) is 3.54. The molecule has 0 amide bonds. The van der Waals surface area contributed by atoms with E-state index in [0.717, 1.165) is 0 Å². The fourth-order valence-corrected chi connectivity index (χ4v) is 2.31. The molecular weight excluding hydrogens is 243 g/mol. The number of morpholine rings is 1. The second-order valence-corrected chi connectivity index (χ2v) is 5.15. The molecule has 2 heterocycles. The summed E-state index contributed by atoms with van der Waals surface area (Å²) in [4.78, 5) is 5.98. The third-order valence-electron chi connectivity index (χ3n) is 2.69. The number of halogens is 2. The Bertz CT molecular complexity index is 400. The van der Waals surface area contributed by atoms with Crippen LogP contribution < -0.4 is 4.90 Å². The second kappa shape index (κ2) is 4.78. The molecule has 2 rings (SSSR count). The number of hydrogen-bond donors (Lipinski definition) is 0. The van der Waals surface area contributed by atoms with Gasteiger partial charge in [-0.15, -0.1) is 11.6 Å². The molecule has 3 nitrogen and oxygen atoms in total. The van der Waals surface area contributed by atoms with Crippen molar-refractivity contribution in [2.45, 2.75) is 25.6 Å². The summed E-state index contributed by atoms with van der Waals surface area (Å²) in [6, 6.07) is 3.00. The minimum absolute atomic E-state index is 0.0955. The molecule has 0 aliphatic carbocycles. The molecule has 1 fully saturated rings. The highest BCUT2D eigenvalue weighted by Gasteiger charge is 2.34. The van der Waals surface area contributed by atoms with Gasteiger partial charge in [0.25, 0.3) is 0 Å². The lowest BCUT2D eigenvalue weighted by Gasteiger charge is -2.42. The average molecular weight is 259 g/mol. The Labute approximate surface area is 106 Å². The second-order valence-electron chi connectivity index (χ2n) is 4.84. The molecule has 0 saturated carbocycles. The van der Waals surface area contributed by atoms with Crippen molar-refractivity contribution in [1.82, 2.24) is 4.98 Å². The lowest BCUT2D eigenvalue weighted by molar-refractivity contribution is -0.0737. The van der Waals surface area contributed by atoms with Crippen LogP contribution in [0.1, 0.15) is 13.8 Å². The first kappa shape index (κ1) is 12.6. The minimum atomic E-state index is -0.345. The molecule has 94 valence electrons. The fraction of sp³-hybridized carbons (Fsp3) is 0.583. The van der Waals surface area contributed by atoms with Crippen molar-refractivity contribution in [2.75, 3.05) is 23.9 Å². The number of anilines is 1. The van der Waals surface area contributed by atoms with E-state index in [1.54, 1.807) is 12.3 Å². The smallest absolute Gasteiger partial charge is 0.165 e. The number of alkyl halides is 1. The molecule has 1 unspecified atom stereocenters. The van der Waals surface area contributed by atoms with Crippen molar-refractivity contribution in [1.29, 1.82) is 0 Å². The van der Waals surface area contributed by atoms with Gasteiger partial charge in [-0.3, -0.25) is 0 Å². The maximum Gasteiger partial charge on any atom is 0.165 e. The summed E-state index contributed by atoms with van der Waals surface area (Å²) in [5.41, 5.74) is -0.345. The van der Waals surface area contributed by atoms with Gasteiger partial charge < -0.3 is 9.64 Å². The molecule has 1 aliphatic heterocycles. The summed E-state index contributed by atoms with van der Waals surface area (Å²) >= 11 is 5.83. The monoisotopic (exact) mass is 258 g/mol. The largest absolute Gasteiger partial charge is 0.367 e. The zero-order valence-corrected chi connectivity index (χ0v) is 10.7. The highest BCUT2D eigenvalue weighted by atomic mass is 35.5. The third-order valence-corrected chi connectivity index (χ3v) is 3.04. The van der Waals surface area contributed by atoms with Gasteiger partial charge in [0.15, 0.2) is 11.6 Å². The molecule has 0 bridgehead atoms. The lowest BCUT2D eigenvalue weighted by Crippen LogP contribution is -2.54. The average Bonchev–Trinajstić information content (AvgIpc) is 2.27. The van der Waals surface area contributed by atoms with Crippen LogP contribution in [-0.4, -0.2) is 35.7 Å². The van der Waals surface area contributed by atoms with E-state index < -0.39 is 0 Å². The topological polar surface area (TPSA) is 25.4 Å². The number of nitrogens with zero attached hydrogens (tertiary/aromatic N) is 2. The number of hydrogen-bond acceptors (Lipinski definition) is 3. The molecular formula is C12H16ClFN2O. The zero-order chi connectivity index (χ0) is 12.5. The van der Waals surface area contributed by atoms with Gasteiger partial charge in [0.1, 0.15) is 0 Å². The van der Waals surface area contributed by atoms with Crippen molar-refractivity contribution < 1.29 is 9.13 Å². The Balaban J connectivity index is 2.24. The van der Waals surface area contributed by atoms with Gasteiger partial charge in [-0.25, -0.2) is 9.37 Å². The minimum Gasteiger partial charge on any atom is -0.367 e. The highest BCUT2D eigenvalue weighted by molar-refractivity contribution is 6.18. The van der Waals surface area contributed by atoms with Crippen LogP contribution in [0.2, 0.25) is 0 Å². The quantitative estimate of drug-likeness (QED) is 0.762. The predicted octanol–water partition coefficient (Wildman–Crippen LogP) is 2.44. The summed E-state index contributed by atoms with van der Waals surface area (Å²) in [5.74, 6) is 0.464. The molecule has 0 radical (unpaired) electrons. The summed E-state index contributed by atoms with van der Waals surface area (Å²) in [5, 5.41) is 0. The molecule has 17 heavy (non-hydrogen) atoms. The maximum atomic E-state index is 13.7. The molecule has 1 aliphatic rings. The van der Waals surface area contributed by atoms with E-state index in [0.29, 0.717) is 24.8 Å². The fourth-order valence-electron chi connectivity index (χ4n) is 2.15. The SMILES string of the molecule is CC1(C)CN(c2ncccc2F)CC(CCl)O1. The van der Waals surface area contributed by atoms with Crippen LogP contribution in [0.5, 0.6) is 0 Å². The van der Waals surface area contributed by atoms with E-state index in [4.69, 9.17) is 16.3 Å². The summed E-state index contributed by atoms with van der Waals surface area (Å²) in [7, 11) is 0. The van der Waals surface area contributed by atoms with Crippen LogP contribution in [0, 0.1) is 5.82 Å². The van der Waals surface area contributed by atoms with Crippen molar-refractivity contribution >= 4 is 17.4 Å². The van der Waals surface area contributed by atoms with Gasteiger partial charge in [0, 0.05) is 19.3 Å². The molecule has 1 atom stereocenters. The first-order chi connectivity index (χ1) is 8.02. The first-order valence-corrected chi connectivity index (χ1v) is 6.14. The standard InChI is InChI=1S/C12H16ClFN2O/c1-12(2)8-16(7-9(6-13)17-12)11-10(14)4-3-5-15-11/h3-5,9H,6-8H2,1-2H3. The Morgan fingerprint density at radius 2 is 2.41 bits per heavy atom. The van der Waals surface area contributed by atoms with Crippen LogP contribution in [0.4, 0.5) is 10.2 Å². The molecule has 0 aromatic carbocycles. The Morgan fingerprint density at radius 1 is 1.65 bits per heavy atom. The van der Waals surface area contributed by atoms with Gasteiger partial charge in [-0.05, 0) is 26.0 Å². The molecule has 1 aromatic heterocycles. The maximum absolute atomic E-state index is 13.7. The summed E-state index contributed by atoms with van der Waals surface area (Å²) in [6.45, 7) is 5.12. The Morgan fingerprint density at radius 3 is 3.06 bits per heavy atom. The van der Waals surface area contributed by atoms with Crippen LogP contribution in [-0.2, 0) is 4.74 Å². The zero-order valence-electron chi connectivity index (χ0n) is 9.99. The number of ether oxygens (including phenoxy) is 1. The van der Waals surface area contributed by atoms with E-state index in [-0.39, 0.29) is 17.5 Å². The van der Waals surface area contributed by atoms with Crippen molar-refractivity contribution in [3.8, 4) is 0 Å². The normalized spacial score (nSPS) is 23.8. The van der Waals surface area contributed by atoms with E-state index >= 15 is 0 Å². The first-order valence-electron chi connectivity index (χ1n) is 5.61. The van der Waals surface area contributed by atoms with Crippen LogP contribution >= 0.6 is 11.6 Å². The van der Waals surface area contributed by atoms with E-state index in [1.165, 1.54) is 6.07 Å². The number of aromatic nitrogens is 1. The third kappa shape index (κ3) is 2.87. The highest BCUT2D eigenvalue weighted by Crippen LogP contribution is 2.26. The molecule has 1 aromatic rings. The molecule has 0 N–H and O–H groups in total. The van der Waals surface area contributed by atoms with E-state index in [2.05, 4.69) is 4.98 Å². The van der Waals surface area contributed by atoms with Crippen LogP contribution in [0.3, 0.4) is 0 Å². The number of rotatable bonds is 2.